The van der Waals surface area contributed by atoms with Gasteiger partial charge in [-0.05, 0) is 98.2 Å². The van der Waals surface area contributed by atoms with E-state index >= 15 is 0 Å². The summed E-state index contributed by atoms with van der Waals surface area (Å²) < 4.78 is 9.91. The number of carbonyl (C=O) groups excluding carboxylic acids is 2. The normalized spacial score (nSPS) is 13.5. The van der Waals surface area contributed by atoms with Crippen LogP contribution in [-0.4, -0.2) is 46.1 Å². The van der Waals surface area contributed by atoms with Crippen LogP contribution in [0.5, 0.6) is 0 Å². The van der Waals surface area contributed by atoms with Crippen molar-refractivity contribution in [3.8, 4) is 0 Å². The standard InChI is InChI=1S/C36H40N4O4/c1-9-23-19(3)27-15-28-21(5)25(11-13-35(41)43-7)33(39-28)18-34-26(12-14-36(42)44-8)22(6)30(40-34)17-32-24(10-2)20(4)29(38-32)16-31(23)37-27/h9-10,15-18,37-40H,1-2,11-14H2,3-8H3/b27-15?,28-15?,29-16-,30-17?,31-16?,32-17?,33-18-,34-18?. The Morgan fingerprint density at radius 1 is 0.591 bits per heavy atom. The van der Waals surface area contributed by atoms with Crippen molar-refractivity contribution < 1.29 is 19.1 Å². The number of aromatic nitrogens is 4. The van der Waals surface area contributed by atoms with E-state index in [0.29, 0.717) is 12.8 Å². The fraction of sp³-hybridized carbons (Fsp3) is 0.278. The molecule has 4 N–H and O–H groups in total. The number of H-pyrrole nitrogens is 4. The van der Waals surface area contributed by atoms with E-state index in [-0.39, 0.29) is 24.8 Å². The van der Waals surface area contributed by atoms with Crippen LogP contribution in [0, 0.1) is 27.7 Å². The number of carbonyl (C=O) groups is 2. The maximum absolute atomic E-state index is 12.2. The first-order valence-corrected chi connectivity index (χ1v) is 14.8. The molecule has 1 aliphatic rings. The van der Waals surface area contributed by atoms with Crippen LogP contribution < -0.4 is 21.4 Å². The molecule has 8 nitrogen and oxygen atoms in total. The third kappa shape index (κ3) is 5.55. The predicted molar refractivity (Wildman–Crippen MR) is 176 cm³/mol. The van der Waals surface area contributed by atoms with E-state index < -0.39 is 0 Å². The van der Waals surface area contributed by atoms with Crippen LogP contribution in [0.4, 0.5) is 0 Å². The van der Waals surface area contributed by atoms with Gasteiger partial charge < -0.3 is 29.4 Å². The molecule has 4 aromatic rings. The van der Waals surface area contributed by atoms with Gasteiger partial charge in [0.2, 0.25) is 0 Å². The molecule has 8 heteroatoms. The van der Waals surface area contributed by atoms with Crippen molar-refractivity contribution in [1.82, 2.24) is 19.9 Å². The van der Waals surface area contributed by atoms with Crippen LogP contribution >= 0.6 is 0 Å². The van der Waals surface area contributed by atoms with E-state index in [9.17, 15) is 9.59 Å². The van der Waals surface area contributed by atoms with Gasteiger partial charge >= 0.3 is 11.9 Å². The quantitative estimate of drug-likeness (QED) is 0.207. The summed E-state index contributed by atoms with van der Waals surface area (Å²) in [5.74, 6) is -0.526. The Morgan fingerprint density at radius 3 is 1.73 bits per heavy atom. The molecule has 0 radical (unpaired) electrons. The van der Waals surface area contributed by atoms with Gasteiger partial charge in [-0.1, -0.05) is 25.3 Å². The van der Waals surface area contributed by atoms with Crippen molar-refractivity contribution in [2.24, 2.45) is 0 Å². The summed E-state index contributed by atoms with van der Waals surface area (Å²) in [7, 11) is 2.81. The largest absolute Gasteiger partial charge is 0.469 e. The minimum absolute atomic E-state index is 0.256. The first-order chi connectivity index (χ1) is 21.1. The monoisotopic (exact) mass is 592 g/mol. The number of esters is 2. The molecule has 0 saturated heterocycles. The van der Waals surface area contributed by atoms with Crippen LogP contribution in [0.2, 0.25) is 0 Å². The molecule has 5 rings (SSSR count). The molecule has 5 heterocycles. The highest BCUT2D eigenvalue weighted by Gasteiger charge is 2.17. The van der Waals surface area contributed by atoms with Gasteiger partial charge in [0.25, 0.3) is 0 Å². The number of methoxy groups -OCH3 is 2. The fourth-order valence-electron chi connectivity index (χ4n) is 6.12. The van der Waals surface area contributed by atoms with Gasteiger partial charge in [-0.3, -0.25) is 9.59 Å². The van der Waals surface area contributed by atoms with Gasteiger partial charge in [-0.2, -0.15) is 0 Å². The van der Waals surface area contributed by atoms with E-state index in [4.69, 9.17) is 9.47 Å². The molecule has 0 amide bonds. The van der Waals surface area contributed by atoms with E-state index in [1.54, 1.807) is 0 Å². The summed E-state index contributed by atoms with van der Waals surface area (Å²) in [5, 5.41) is 3.73. The average Bonchev–Trinajstić information content (AvgIpc) is 3.67. The molecule has 0 fully saturated rings. The molecular weight excluding hydrogens is 552 g/mol. The Morgan fingerprint density at radius 2 is 1.09 bits per heavy atom. The molecule has 0 spiro atoms. The number of fused-ring (bicyclic) bond motifs is 8. The number of hydrogen-bond donors (Lipinski definition) is 4. The van der Waals surface area contributed by atoms with Crippen molar-refractivity contribution in [2.45, 2.75) is 53.4 Å². The molecule has 228 valence electrons. The number of aromatic amines is 4. The first kappa shape index (κ1) is 30.5. The van der Waals surface area contributed by atoms with E-state index in [2.05, 4.69) is 85.1 Å². The first-order valence-electron chi connectivity index (χ1n) is 14.8. The Bertz CT molecular complexity index is 2060. The van der Waals surface area contributed by atoms with Crippen LogP contribution in [0.3, 0.4) is 0 Å². The number of ether oxygens (including phenoxy) is 2. The number of rotatable bonds is 8. The van der Waals surface area contributed by atoms with Crippen LogP contribution in [0.15, 0.2) is 13.2 Å². The molecule has 1 aliphatic heterocycles. The van der Waals surface area contributed by atoms with E-state index in [1.807, 2.05) is 12.2 Å². The lowest BCUT2D eigenvalue weighted by Crippen LogP contribution is -2.14. The Labute approximate surface area is 256 Å². The third-order valence-electron chi connectivity index (χ3n) is 8.81. The SMILES string of the molecule is C=Cc1c2[nH]c(c1C)C=c1[nH]/c(c(CCC(=O)OC)c1C)=C\c1[nH]c(c(C)c1CCC(=O)OC)C=c1[nH]/c(c(C)c1C=C)=C\2. The summed E-state index contributed by atoms with van der Waals surface area (Å²) in [5.41, 5.74) is 12.1. The molecule has 4 aromatic heterocycles. The maximum atomic E-state index is 12.2. The Hall–Kier alpha value is -4.98. The number of nitrogens with one attached hydrogen (secondary N) is 4. The molecule has 0 atom stereocenters. The maximum Gasteiger partial charge on any atom is 0.305 e. The summed E-state index contributed by atoms with van der Waals surface area (Å²) in [6.07, 6.45) is 13.7. The van der Waals surface area contributed by atoms with Crippen LogP contribution in [-0.2, 0) is 31.9 Å². The smallest absolute Gasteiger partial charge is 0.305 e. The van der Waals surface area contributed by atoms with Gasteiger partial charge in [0, 0.05) is 68.1 Å². The lowest BCUT2D eigenvalue weighted by atomic mass is 10.0. The molecule has 0 aromatic carbocycles. The highest BCUT2D eigenvalue weighted by Crippen LogP contribution is 2.24. The second kappa shape index (κ2) is 12.3. The lowest BCUT2D eigenvalue weighted by Gasteiger charge is -2.03. The summed E-state index contributed by atoms with van der Waals surface area (Å²) in [6, 6.07) is 0. The highest BCUT2D eigenvalue weighted by molar-refractivity contribution is 5.73. The van der Waals surface area contributed by atoms with Gasteiger partial charge in [-0.15, -0.1) is 0 Å². The zero-order valence-corrected chi connectivity index (χ0v) is 26.3. The van der Waals surface area contributed by atoms with Crippen LogP contribution in [0.1, 0.15) is 80.1 Å². The molecule has 0 saturated carbocycles. The highest BCUT2D eigenvalue weighted by atomic mass is 16.5. The minimum atomic E-state index is -0.264. The zero-order valence-electron chi connectivity index (χ0n) is 26.3. The van der Waals surface area contributed by atoms with Crippen molar-refractivity contribution in [3.63, 3.8) is 0 Å². The Kier molecular flexibility index (Phi) is 8.54. The van der Waals surface area contributed by atoms with Gasteiger partial charge in [0.1, 0.15) is 0 Å². The zero-order chi connectivity index (χ0) is 31.7. The van der Waals surface area contributed by atoms with Crippen molar-refractivity contribution in [2.75, 3.05) is 14.2 Å². The molecule has 0 aliphatic carbocycles. The lowest BCUT2D eigenvalue weighted by molar-refractivity contribution is -0.141. The topological polar surface area (TPSA) is 116 Å². The molecule has 0 unspecified atom stereocenters. The fourth-order valence-corrected chi connectivity index (χ4v) is 6.12. The minimum Gasteiger partial charge on any atom is -0.469 e. The van der Waals surface area contributed by atoms with E-state index in [0.717, 1.165) is 88.7 Å². The molecule has 44 heavy (non-hydrogen) atoms. The summed E-state index contributed by atoms with van der Waals surface area (Å²) >= 11 is 0. The van der Waals surface area contributed by atoms with Crippen molar-refractivity contribution >= 4 is 48.4 Å². The summed E-state index contributed by atoms with van der Waals surface area (Å²) in [6.45, 7) is 16.5. The van der Waals surface area contributed by atoms with Gasteiger partial charge in [0.15, 0.2) is 0 Å². The second-order valence-electron chi connectivity index (χ2n) is 11.2. The number of hydrogen-bond acceptors (Lipinski definition) is 4. The van der Waals surface area contributed by atoms with Crippen LogP contribution in [0.25, 0.3) is 36.5 Å². The second-order valence-corrected chi connectivity index (χ2v) is 11.2. The molecular formula is C36H40N4O4. The van der Waals surface area contributed by atoms with Gasteiger partial charge in [0.05, 0.1) is 14.2 Å². The van der Waals surface area contributed by atoms with Crippen molar-refractivity contribution in [3.05, 3.63) is 102 Å². The third-order valence-corrected chi connectivity index (χ3v) is 8.81. The Balaban J connectivity index is 1.89. The summed E-state index contributed by atoms with van der Waals surface area (Å²) in [4.78, 5) is 38.8. The predicted octanol–water partition coefficient (Wildman–Crippen LogP) is 3.36. The van der Waals surface area contributed by atoms with E-state index in [1.165, 1.54) is 14.2 Å². The van der Waals surface area contributed by atoms with Crippen molar-refractivity contribution in [1.29, 1.82) is 0 Å². The average molecular weight is 593 g/mol. The molecule has 8 bridgehead atoms. The van der Waals surface area contributed by atoms with Gasteiger partial charge in [-0.25, -0.2) is 0 Å².